The highest BCUT2D eigenvalue weighted by Crippen LogP contribution is 2.32. The number of ether oxygens (including phenoxy) is 2. The number of methoxy groups -OCH3 is 2. The van der Waals surface area contributed by atoms with Gasteiger partial charge in [0, 0.05) is 23.2 Å². The fraction of sp³-hybridized carbons (Fsp3) is 0.192. The van der Waals surface area contributed by atoms with Crippen LogP contribution >= 0.6 is 23.4 Å². The van der Waals surface area contributed by atoms with Gasteiger partial charge in [-0.3, -0.25) is 14.5 Å². The number of nitrogens with one attached hydrogen (secondary N) is 1. The summed E-state index contributed by atoms with van der Waals surface area (Å²) in [6.45, 7) is 0.255. The van der Waals surface area contributed by atoms with E-state index in [2.05, 4.69) is 5.32 Å². The van der Waals surface area contributed by atoms with Crippen LogP contribution in [0.4, 0.5) is 11.4 Å². The van der Waals surface area contributed by atoms with Crippen molar-refractivity contribution in [3.05, 3.63) is 83.4 Å². The largest absolute Gasteiger partial charge is 0.497 e. The molecule has 7 nitrogen and oxygen atoms in total. The predicted octanol–water partition coefficient (Wildman–Crippen LogP) is 5.52. The Morgan fingerprint density at radius 3 is 2.51 bits per heavy atom. The van der Waals surface area contributed by atoms with Crippen LogP contribution in [0.15, 0.2) is 77.8 Å². The van der Waals surface area contributed by atoms with E-state index < -0.39 is 5.25 Å². The topological polar surface area (TPSA) is 80.2 Å². The number of hydrogen-bond donors (Lipinski definition) is 1. The van der Waals surface area contributed by atoms with Crippen LogP contribution in [-0.4, -0.2) is 41.4 Å². The van der Waals surface area contributed by atoms with Crippen molar-refractivity contribution < 1.29 is 19.1 Å². The number of thioether (sulfide) groups is 1. The van der Waals surface area contributed by atoms with Crippen molar-refractivity contribution in [2.45, 2.75) is 18.2 Å². The lowest BCUT2D eigenvalue weighted by atomic mass is 10.2. The summed E-state index contributed by atoms with van der Waals surface area (Å²) < 4.78 is 10.4. The molecule has 9 heteroatoms. The Bertz CT molecular complexity index is 1250. The molecule has 1 heterocycles. The Morgan fingerprint density at radius 2 is 1.80 bits per heavy atom. The lowest BCUT2D eigenvalue weighted by Gasteiger charge is -2.32. The standard InChI is InChI=1S/C26H24ClN3O4S/c1-33-20-12-10-18(11-13-20)29-26-30(16-17-6-3-4-9-22(17)27)24(31)15-23(35-26)25(32)28-19-7-5-8-21(14-19)34-2/h3-14,23H,15-16H2,1-2H3,(H,28,32). The van der Waals surface area contributed by atoms with Crippen molar-refractivity contribution in [1.29, 1.82) is 0 Å². The molecule has 1 saturated heterocycles. The van der Waals surface area contributed by atoms with Crippen LogP contribution in [-0.2, 0) is 16.1 Å². The highest BCUT2D eigenvalue weighted by molar-refractivity contribution is 8.15. The summed E-state index contributed by atoms with van der Waals surface area (Å²) in [5.74, 6) is 0.839. The van der Waals surface area contributed by atoms with Crippen LogP contribution in [0.3, 0.4) is 0 Å². The van der Waals surface area contributed by atoms with Crippen LogP contribution in [0.2, 0.25) is 5.02 Å². The Morgan fingerprint density at radius 1 is 1.06 bits per heavy atom. The first-order chi connectivity index (χ1) is 17.0. The lowest BCUT2D eigenvalue weighted by molar-refractivity contribution is -0.129. The maximum atomic E-state index is 13.2. The molecule has 180 valence electrons. The summed E-state index contributed by atoms with van der Waals surface area (Å²) in [6, 6.07) is 21.6. The van der Waals surface area contributed by atoms with E-state index in [4.69, 9.17) is 26.1 Å². The number of amides is 2. The molecule has 1 N–H and O–H groups in total. The number of hydrogen-bond acceptors (Lipinski definition) is 6. The van der Waals surface area contributed by atoms with Crippen LogP contribution in [0.25, 0.3) is 0 Å². The first-order valence-electron chi connectivity index (χ1n) is 10.8. The van der Waals surface area contributed by atoms with Crippen molar-refractivity contribution in [3.8, 4) is 11.5 Å². The van der Waals surface area contributed by atoms with Crippen LogP contribution < -0.4 is 14.8 Å². The molecular weight excluding hydrogens is 486 g/mol. The SMILES string of the molecule is COc1ccc(N=C2SC(C(=O)Nc3cccc(OC)c3)CC(=O)N2Cc2ccccc2Cl)cc1. The fourth-order valence-electron chi connectivity index (χ4n) is 3.48. The predicted molar refractivity (Wildman–Crippen MR) is 140 cm³/mol. The van der Waals surface area contributed by atoms with E-state index in [0.29, 0.717) is 33.1 Å². The molecule has 0 radical (unpaired) electrons. The Hall–Kier alpha value is -3.49. The monoisotopic (exact) mass is 509 g/mol. The van der Waals surface area contributed by atoms with Gasteiger partial charge in [0.15, 0.2) is 5.17 Å². The second kappa shape index (κ2) is 11.3. The van der Waals surface area contributed by atoms with Crippen LogP contribution in [0.5, 0.6) is 11.5 Å². The maximum absolute atomic E-state index is 13.2. The zero-order chi connectivity index (χ0) is 24.8. The first kappa shape index (κ1) is 24.6. The summed E-state index contributed by atoms with van der Waals surface area (Å²) >= 11 is 7.60. The highest BCUT2D eigenvalue weighted by Gasteiger charge is 2.36. The van der Waals surface area contributed by atoms with Crippen LogP contribution in [0.1, 0.15) is 12.0 Å². The molecule has 1 aliphatic rings. The first-order valence-corrected chi connectivity index (χ1v) is 12.1. The van der Waals surface area contributed by atoms with E-state index in [1.807, 2.05) is 18.2 Å². The molecule has 0 aliphatic carbocycles. The third-order valence-electron chi connectivity index (χ3n) is 5.35. The average Bonchev–Trinajstić information content (AvgIpc) is 2.87. The molecular formula is C26H24ClN3O4S. The number of anilines is 1. The second-order valence-corrected chi connectivity index (χ2v) is 9.27. The molecule has 0 saturated carbocycles. The fourth-order valence-corrected chi connectivity index (χ4v) is 4.78. The Balaban J connectivity index is 1.60. The smallest absolute Gasteiger partial charge is 0.238 e. The molecule has 1 atom stereocenters. The number of carbonyl (C=O) groups is 2. The maximum Gasteiger partial charge on any atom is 0.238 e. The third-order valence-corrected chi connectivity index (χ3v) is 6.91. The summed E-state index contributed by atoms with van der Waals surface area (Å²) in [4.78, 5) is 32.6. The molecule has 3 aromatic carbocycles. The molecule has 4 rings (SSSR count). The molecule has 0 bridgehead atoms. The summed E-state index contributed by atoms with van der Waals surface area (Å²) in [5.41, 5.74) is 2.03. The number of halogens is 1. The molecule has 3 aromatic rings. The van der Waals surface area contributed by atoms with E-state index in [-0.39, 0.29) is 24.8 Å². The van der Waals surface area contributed by atoms with E-state index in [1.54, 1.807) is 73.7 Å². The molecule has 2 amide bonds. The van der Waals surface area contributed by atoms with Gasteiger partial charge in [-0.05, 0) is 48.0 Å². The number of amidine groups is 1. The van der Waals surface area contributed by atoms with Gasteiger partial charge >= 0.3 is 0 Å². The number of nitrogens with zero attached hydrogens (tertiary/aromatic N) is 2. The zero-order valence-electron chi connectivity index (χ0n) is 19.2. The minimum Gasteiger partial charge on any atom is -0.497 e. The molecule has 1 unspecified atom stereocenters. The van der Waals surface area contributed by atoms with Gasteiger partial charge in [-0.1, -0.05) is 47.6 Å². The van der Waals surface area contributed by atoms with Gasteiger partial charge in [0.1, 0.15) is 16.7 Å². The minimum atomic E-state index is -0.645. The highest BCUT2D eigenvalue weighted by atomic mass is 35.5. The number of benzene rings is 3. The normalized spacial score (nSPS) is 16.8. The minimum absolute atomic E-state index is 0.0343. The van der Waals surface area contributed by atoms with Crippen LogP contribution in [0, 0.1) is 0 Å². The second-order valence-electron chi connectivity index (χ2n) is 7.70. The Labute approximate surface area is 213 Å². The molecule has 0 spiro atoms. The van der Waals surface area contributed by atoms with E-state index in [1.165, 1.54) is 11.8 Å². The van der Waals surface area contributed by atoms with Crippen molar-refractivity contribution in [2.75, 3.05) is 19.5 Å². The summed E-state index contributed by atoms with van der Waals surface area (Å²) in [7, 11) is 3.15. The summed E-state index contributed by atoms with van der Waals surface area (Å²) in [5, 5.41) is 3.22. The summed E-state index contributed by atoms with van der Waals surface area (Å²) in [6.07, 6.45) is 0.0343. The van der Waals surface area contributed by atoms with Crippen molar-refractivity contribution >= 4 is 51.7 Å². The molecule has 0 aromatic heterocycles. The van der Waals surface area contributed by atoms with Gasteiger partial charge in [-0.2, -0.15) is 0 Å². The van der Waals surface area contributed by atoms with Gasteiger partial charge < -0.3 is 14.8 Å². The van der Waals surface area contributed by atoms with E-state index in [0.717, 1.165) is 5.56 Å². The van der Waals surface area contributed by atoms with Crippen molar-refractivity contribution in [1.82, 2.24) is 4.90 Å². The molecule has 1 fully saturated rings. The average molecular weight is 510 g/mol. The van der Waals surface area contributed by atoms with E-state index >= 15 is 0 Å². The Kier molecular flexibility index (Phi) is 7.94. The quantitative estimate of drug-likeness (QED) is 0.453. The van der Waals surface area contributed by atoms with E-state index in [9.17, 15) is 9.59 Å². The lowest BCUT2D eigenvalue weighted by Crippen LogP contribution is -2.44. The van der Waals surface area contributed by atoms with Gasteiger partial charge in [0.25, 0.3) is 0 Å². The van der Waals surface area contributed by atoms with Crippen molar-refractivity contribution in [2.24, 2.45) is 4.99 Å². The third kappa shape index (κ3) is 6.15. The van der Waals surface area contributed by atoms with Gasteiger partial charge in [-0.25, -0.2) is 4.99 Å². The number of carbonyl (C=O) groups excluding carboxylic acids is 2. The van der Waals surface area contributed by atoms with Crippen molar-refractivity contribution in [3.63, 3.8) is 0 Å². The van der Waals surface area contributed by atoms with Gasteiger partial charge in [-0.15, -0.1) is 0 Å². The van der Waals surface area contributed by atoms with Gasteiger partial charge in [0.2, 0.25) is 11.8 Å². The molecule has 35 heavy (non-hydrogen) atoms. The van der Waals surface area contributed by atoms with Gasteiger partial charge in [0.05, 0.1) is 26.5 Å². The number of aliphatic imine (C=N–C) groups is 1. The number of rotatable bonds is 7. The zero-order valence-corrected chi connectivity index (χ0v) is 20.8. The molecule has 1 aliphatic heterocycles.